The molecule has 148 valence electrons. The topological polar surface area (TPSA) is 103 Å². The molecule has 0 aromatic heterocycles. The highest BCUT2D eigenvalue weighted by Crippen LogP contribution is 2.15. The summed E-state index contributed by atoms with van der Waals surface area (Å²) in [7, 11) is 3.04. The van der Waals surface area contributed by atoms with Gasteiger partial charge in [-0.3, -0.25) is 14.4 Å². The molecule has 0 radical (unpaired) electrons. The van der Waals surface area contributed by atoms with Crippen molar-refractivity contribution in [3.63, 3.8) is 0 Å². The van der Waals surface area contributed by atoms with Gasteiger partial charge in [0, 0.05) is 11.3 Å². The maximum Gasteiger partial charge on any atom is 0.326 e. The van der Waals surface area contributed by atoms with Gasteiger partial charge in [0.2, 0.25) is 0 Å². The first-order chi connectivity index (χ1) is 13.4. The smallest absolute Gasteiger partial charge is 0.326 e. The lowest BCUT2D eigenvalue weighted by atomic mass is 10.2. The molecule has 8 nitrogen and oxygen atoms in total. The van der Waals surface area contributed by atoms with Crippen molar-refractivity contribution in [1.29, 1.82) is 0 Å². The van der Waals surface area contributed by atoms with Gasteiger partial charge in [0.25, 0.3) is 11.8 Å². The Hall–Kier alpha value is -3.55. The molecule has 1 unspecified atom stereocenters. The van der Waals surface area contributed by atoms with Crippen LogP contribution in [0.25, 0.3) is 0 Å². The number of amides is 2. The van der Waals surface area contributed by atoms with Crippen molar-refractivity contribution in [2.75, 3.05) is 26.1 Å². The third-order valence-corrected chi connectivity index (χ3v) is 3.76. The summed E-state index contributed by atoms with van der Waals surface area (Å²) in [4.78, 5) is 36.1. The average Bonchev–Trinajstić information content (AvgIpc) is 2.72. The number of benzene rings is 2. The number of anilines is 1. The minimum absolute atomic E-state index is 0.345. The number of esters is 1. The monoisotopic (exact) mass is 386 g/mol. The van der Waals surface area contributed by atoms with Gasteiger partial charge in [-0.25, -0.2) is 0 Å². The minimum Gasteiger partial charge on any atom is -0.497 e. The molecule has 0 fully saturated rings. The molecule has 2 rings (SSSR count). The zero-order chi connectivity index (χ0) is 20.5. The number of hydrogen-bond donors (Lipinski definition) is 2. The fraction of sp³-hybridized carbons (Fsp3) is 0.250. The van der Waals surface area contributed by atoms with E-state index in [0.717, 1.165) is 0 Å². The van der Waals surface area contributed by atoms with E-state index in [1.54, 1.807) is 55.6 Å². The molecule has 0 spiro atoms. The largest absolute Gasteiger partial charge is 0.497 e. The summed E-state index contributed by atoms with van der Waals surface area (Å²) < 4.78 is 15.1. The van der Waals surface area contributed by atoms with Crippen molar-refractivity contribution in [2.24, 2.45) is 0 Å². The van der Waals surface area contributed by atoms with Crippen LogP contribution in [0.3, 0.4) is 0 Å². The second-order valence-electron chi connectivity index (χ2n) is 5.76. The van der Waals surface area contributed by atoms with Gasteiger partial charge in [0.15, 0.2) is 6.10 Å². The molecule has 1 atom stereocenters. The molecule has 0 aliphatic carbocycles. The molecule has 0 aliphatic heterocycles. The molecule has 0 bridgehead atoms. The van der Waals surface area contributed by atoms with E-state index in [1.165, 1.54) is 14.0 Å². The highest BCUT2D eigenvalue weighted by Gasteiger charge is 2.18. The van der Waals surface area contributed by atoms with E-state index in [4.69, 9.17) is 14.2 Å². The van der Waals surface area contributed by atoms with Gasteiger partial charge in [-0.15, -0.1) is 0 Å². The Morgan fingerprint density at radius 2 is 1.64 bits per heavy atom. The van der Waals surface area contributed by atoms with Gasteiger partial charge in [-0.2, -0.15) is 0 Å². The van der Waals surface area contributed by atoms with Crippen LogP contribution in [-0.2, 0) is 14.3 Å². The van der Waals surface area contributed by atoms with Crippen LogP contribution in [-0.4, -0.2) is 44.7 Å². The number of rotatable bonds is 8. The standard InChI is InChI=1S/C20H22N2O6/c1-13(19(24)22-15-7-9-16(26-2)10-8-15)28-18(23)12-21-20(25)14-5-4-6-17(11-14)27-3/h4-11,13H,12H2,1-3H3,(H,21,25)(H,22,24). The molecule has 28 heavy (non-hydrogen) atoms. The van der Waals surface area contributed by atoms with E-state index in [1.807, 2.05) is 0 Å². The second-order valence-corrected chi connectivity index (χ2v) is 5.76. The highest BCUT2D eigenvalue weighted by molar-refractivity contribution is 5.97. The van der Waals surface area contributed by atoms with Crippen LogP contribution in [0.15, 0.2) is 48.5 Å². The summed E-state index contributed by atoms with van der Waals surface area (Å²) in [5.41, 5.74) is 0.887. The number of methoxy groups -OCH3 is 2. The van der Waals surface area contributed by atoms with Crippen molar-refractivity contribution in [3.8, 4) is 11.5 Å². The molecule has 2 amide bonds. The summed E-state index contributed by atoms with van der Waals surface area (Å²) in [5, 5.41) is 5.07. The molecular weight excluding hydrogens is 364 g/mol. The summed E-state index contributed by atoms with van der Waals surface area (Å²) in [6, 6.07) is 13.2. The number of nitrogens with one attached hydrogen (secondary N) is 2. The van der Waals surface area contributed by atoms with Crippen LogP contribution in [0, 0.1) is 0 Å². The van der Waals surface area contributed by atoms with E-state index >= 15 is 0 Å². The Bertz CT molecular complexity index is 835. The Morgan fingerprint density at radius 3 is 2.29 bits per heavy atom. The van der Waals surface area contributed by atoms with Crippen molar-refractivity contribution in [1.82, 2.24) is 5.32 Å². The normalized spacial score (nSPS) is 11.1. The Labute approximate surface area is 162 Å². The maximum absolute atomic E-state index is 12.1. The maximum atomic E-state index is 12.1. The van der Waals surface area contributed by atoms with E-state index in [-0.39, 0.29) is 6.54 Å². The average molecular weight is 386 g/mol. The van der Waals surface area contributed by atoms with Crippen LogP contribution in [0.5, 0.6) is 11.5 Å². The Balaban J connectivity index is 1.80. The first-order valence-electron chi connectivity index (χ1n) is 8.49. The van der Waals surface area contributed by atoms with Gasteiger partial charge in [0.1, 0.15) is 18.0 Å². The SMILES string of the molecule is COc1ccc(NC(=O)C(C)OC(=O)CNC(=O)c2cccc(OC)c2)cc1. The van der Waals surface area contributed by atoms with E-state index < -0.39 is 23.9 Å². The van der Waals surface area contributed by atoms with Crippen LogP contribution >= 0.6 is 0 Å². The molecular formula is C20H22N2O6. The van der Waals surface area contributed by atoms with Gasteiger partial charge in [-0.1, -0.05) is 6.07 Å². The molecule has 0 heterocycles. The van der Waals surface area contributed by atoms with E-state index in [0.29, 0.717) is 22.7 Å². The fourth-order valence-corrected chi connectivity index (χ4v) is 2.23. The zero-order valence-corrected chi connectivity index (χ0v) is 15.9. The summed E-state index contributed by atoms with van der Waals surface area (Å²) in [6.45, 7) is 1.08. The lowest BCUT2D eigenvalue weighted by Crippen LogP contribution is -2.35. The second kappa shape index (κ2) is 9.96. The predicted octanol–water partition coefficient (Wildman–Crippen LogP) is 2.00. The number of ether oxygens (including phenoxy) is 3. The minimum atomic E-state index is -1.02. The van der Waals surface area contributed by atoms with Crippen LogP contribution < -0.4 is 20.1 Å². The first-order valence-corrected chi connectivity index (χ1v) is 8.49. The molecule has 8 heteroatoms. The van der Waals surface area contributed by atoms with Crippen molar-refractivity contribution in [2.45, 2.75) is 13.0 Å². The van der Waals surface area contributed by atoms with Crippen LogP contribution in [0.2, 0.25) is 0 Å². The number of carbonyl (C=O) groups is 3. The molecule has 2 aromatic carbocycles. The number of hydrogen-bond acceptors (Lipinski definition) is 6. The number of carbonyl (C=O) groups excluding carboxylic acids is 3. The zero-order valence-electron chi connectivity index (χ0n) is 15.9. The Kier molecular flexibility index (Phi) is 7.38. The van der Waals surface area contributed by atoms with E-state index in [9.17, 15) is 14.4 Å². The third-order valence-electron chi connectivity index (χ3n) is 3.76. The first kappa shape index (κ1) is 20.8. The van der Waals surface area contributed by atoms with Gasteiger partial charge in [0.05, 0.1) is 14.2 Å². The molecule has 0 saturated heterocycles. The van der Waals surface area contributed by atoms with Crippen molar-refractivity contribution < 1.29 is 28.6 Å². The lowest BCUT2D eigenvalue weighted by Gasteiger charge is -2.14. The molecule has 2 N–H and O–H groups in total. The van der Waals surface area contributed by atoms with Crippen molar-refractivity contribution in [3.05, 3.63) is 54.1 Å². The quantitative estimate of drug-likeness (QED) is 0.673. The van der Waals surface area contributed by atoms with Crippen molar-refractivity contribution >= 4 is 23.5 Å². The van der Waals surface area contributed by atoms with Gasteiger partial charge in [-0.05, 0) is 49.4 Å². The van der Waals surface area contributed by atoms with Crippen LogP contribution in [0.4, 0.5) is 5.69 Å². The lowest BCUT2D eigenvalue weighted by molar-refractivity contribution is -0.152. The third kappa shape index (κ3) is 6.01. The molecule has 0 aliphatic rings. The van der Waals surface area contributed by atoms with Crippen LogP contribution in [0.1, 0.15) is 17.3 Å². The summed E-state index contributed by atoms with van der Waals surface area (Å²) in [5.74, 6) is -0.485. The summed E-state index contributed by atoms with van der Waals surface area (Å²) in [6.07, 6.45) is -1.02. The molecule has 2 aromatic rings. The Morgan fingerprint density at radius 1 is 0.964 bits per heavy atom. The predicted molar refractivity (Wildman–Crippen MR) is 103 cm³/mol. The van der Waals surface area contributed by atoms with Gasteiger partial charge < -0.3 is 24.8 Å². The van der Waals surface area contributed by atoms with E-state index in [2.05, 4.69) is 10.6 Å². The van der Waals surface area contributed by atoms with Gasteiger partial charge >= 0.3 is 5.97 Å². The summed E-state index contributed by atoms with van der Waals surface area (Å²) >= 11 is 0. The highest BCUT2D eigenvalue weighted by atomic mass is 16.5. The fourth-order valence-electron chi connectivity index (χ4n) is 2.23. The molecule has 0 saturated carbocycles.